The molecule has 0 aliphatic carbocycles. The van der Waals surface area contributed by atoms with Crippen LogP contribution in [-0.4, -0.2) is 13.4 Å². The van der Waals surface area contributed by atoms with Gasteiger partial charge < -0.3 is 9.47 Å². The van der Waals surface area contributed by atoms with Crippen LogP contribution in [0.3, 0.4) is 0 Å². The molecule has 0 unspecified atom stereocenters. The molecule has 0 fully saturated rings. The third-order valence-corrected chi connectivity index (χ3v) is 2.99. The standard InChI is InChI=1S/C15H12ClFO3/c1-19-14-5-3-10(8-18)7-15(14)20-9-11-2-4-13(17)12(16)6-11/h2-8H,9H2,1H3. The van der Waals surface area contributed by atoms with Gasteiger partial charge in [0, 0.05) is 5.56 Å². The van der Waals surface area contributed by atoms with Gasteiger partial charge in [-0.1, -0.05) is 17.7 Å². The highest BCUT2D eigenvalue weighted by Crippen LogP contribution is 2.28. The minimum Gasteiger partial charge on any atom is -0.493 e. The molecular weight excluding hydrogens is 283 g/mol. The lowest BCUT2D eigenvalue weighted by molar-refractivity contribution is 0.112. The first kappa shape index (κ1) is 14.3. The summed E-state index contributed by atoms with van der Waals surface area (Å²) in [7, 11) is 1.51. The molecule has 0 amide bonds. The Hall–Kier alpha value is -2.07. The smallest absolute Gasteiger partial charge is 0.162 e. The molecular formula is C15H12ClFO3. The van der Waals surface area contributed by atoms with E-state index in [9.17, 15) is 9.18 Å². The van der Waals surface area contributed by atoms with E-state index in [1.165, 1.54) is 19.2 Å². The van der Waals surface area contributed by atoms with Crippen molar-refractivity contribution in [2.24, 2.45) is 0 Å². The molecule has 0 saturated heterocycles. The van der Waals surface area contributed by atoms with E-state index in [0.717, 1.165) is 11.8 Å². The van der Waals surface area contributed by atoms with Crippen molar-refractivity contribution in [3.05, 3.63) is 58.4 Å². The second-order valence-corrected chi connectivity index (χ2v) is 4.47. The normalized spacial score (nSPS) is 10.2. The molecule has 0 aromatic heterocycles. The summed E-state index contributed by atoms with van der Waals surface area (Å²) in [6, 6.07) is 9.21. The molecule has 0 N–H and O–H groups in total. The molecule has 104 valence electrons. The number of carbonyl (C=O) groups is 1. The maximum absolute atomic E-state index is 13.0. The Balaban J connectivity index is 2.17. The molecule has 20 heavy (non-hydrogen) atoms. The van der Waals surface area contributed by atoms with E-state index >= 15 is 0 Å². The van der Waals surface area contributed by atoms with E-state index < -0.39 is 5.82 Å². The lowest BCUT2D eigenvalue weighted by atomic mass is 10.2. The number of carbonyl (C=O) groups excluding carboxylic acids is 1. The quantitative estimate of drug-likeness (QED) is 0.785. The van der Waals surface area contributed by atoms with Crippen LogP contribution in [0.25, 0.3) is 0 Å². The van der Waals surface area contributed by atoms with Crippen molar-refractivity contribution in [3.63, 3.8) is 0 Å². The van der Waals surface area contributed by atoms with Crippen molar-refractivity contribution in [2.75, 3.05) is 7.11 Å². The van der Waals surface area contributed by atoms with Gasteiger partial charge in [0.1, 0.15) is 18.7 Å². The SMILES string of the molecule is COc1ccc(C=O)cc1OCc1ccc(F)c(Cl)c1. The molecule has 0 spiro atoms. The Morgan fingerprint density at radius 1 is 1.20 bits per heavy atom. The van der Waals surface area contributed by atoms with Crippen molar-refractivity contribution < 1.29 is 18.7 Å². The van der Waals surface area contributed by atoms with Crippen LogP contribution >= 0.6 is 11.6 Å². The van der Waals surface area contributed by atoms with E-state index in [-0.39, 0.29) is 11.6 Å². The van der Waals surface area contributed by atoms with Crippen molar-refractivity contribution in [3.8, 4) is 11.5 Å². The molecule has 0 bridgehead atoms. The average molecular weight is 295 g/mol. The summed E-state index contributed by atoms with van der Waals surface area (Å²) in [5, 5.41) is 0.0414. The Bertz CT molecular complexity index is 629. The molecule has 3 nitrogen and oxygen atoms in total. The van der Waals surface area contributed by atoms with Gasteiger partial charge in [-0.2, -0.15) is 0 Å². The van der Waals surface area contributed by atoms with Crippen molar-refractivity contribution in [1.29, 1.82) is 0 Å². The predicted octanol–water partition coefficient (Wildman–Crippen LogP) is 3.88. The first-order chi connectivity index (χ1) is 9.63. The van der Waals surface area contributed by atoms with Crippen LogP contribution in [-0.2, 0) is 6.61 Å². The molecule has 0 aliphatic rings. The van der Waals surface area contributed by atoms with Crippen LogP contribution in [0.2, 0.25) is 5.02 Å². The monoisotopic (exact) mass is 294 g/mol. The van der Waals surface area contributed by atoms with Crippen LogP contribution in [0, 0.1) is 5.82 Å². The zero-order valence-electron chi connectivity index (χ0n) is 10.7. The van der Waals surface area contributed by atoms with Gasteiger partial charge in [-0.05, 0) is 35.9 Å². The summed E-state index contributed by atoms with van der Waals surface area (Å²) < 4.78 is 23.8. The number of ether oxygens (including phenoxy) is 2. The number of rotatable bonds is 5. The maximum Gasteiger partial charge on any atom is 0.162 e. The summed E-state index contributed by atoms with van der Waals surface area (Å²) in [6.45, 7) is 0.193. The molecule has 0 atom stereocenters. The first-order valence-electron chi connectivity index (χ1n) is 5.84. The Labute approximate surface area is 120 Å². The lowest BCUT2D eigenvalue weighted by Crippen LogP contribution is -1.99. The Morgan fingerprint density at radius 3 is 2.65 bits per heavy atom. The predicted molar refractivity (Wildman–Crippen MR) is 74.1 cm³/mol. The number of halogens is 2. The summed E-state index contributed by atoms with van der Waals surface area (Å²) in [5.41, 5.74) is 1.20. The van der Waals surface area contributed by atoms with E-state index in [1.54, 1.807) is 24.3 Å². The van der Waals surface area contributed by atoms with Crippen molar-refractivity contribution in [1.82, 2.24) is 0 Å². The van der Waals surface area contributed by atoms with Crippen molar-refractivity contribution >= 4 is 17.9 Å². The molecule has 2 aromatic rings. The number of benzene rings is 2. The fourth-order valence-corrected chi connectivity index (χ4v) is 1.87. The largest absolute Gasteiger partial charge is 0.493 e. The van der Waals surface area contributed by atoms with Gasteiger partial charge in [0.15, 0.2) is 11.5 Å². The molecule has 0 heterocycles. The Kier molecular flexibility index (Phi) is 4.58. The minimum absolute atomic E-state index is 0.0414. The van der Waals surface area contributed by atoms with Gasteiger partial charge in [0.2, 0.25) is 0 Å². The zero-order chi connectivity index (χ0) is 14.5. The molecule has 2 aromatic carbocycles. The fourth-order valence-electron chi connectivity index (χ4n) is 1.67. The third-order valence-electron chi connectivity index (χ3n) is 2.70. The summed E-state index contributed by atoms with van der Waals surface area (Å²) in [4.78, 5) is 10.8. The number of hydrogen-bond acceptors (Lipinski definition) is 3. The highest BCUT2D eigenvalue weighted by molar-refractivity contribution is 6.30. The summed E-state index contributed by atoms with van der Waals surface area (Å²) >= 11 is 5.70. The van der Waals surface area contributed by atoms with E-state index in [2.05, 4.69) is 0 Å². The highest BCUT2D eigenvalue weighted by atomic mass is 35.5. The average Bonchev–Trinajstić information content (AvgIpc) is 2.48. The second-order valence-electron chi connectivity index (χ2n) is 4.07. The van der Waals surface area contributed by atoms with Gasteiger partial charge in [0.05, 0.1) is 12.1 Å². The molecule has 2 rings (SSSR count). The first-order valence-corrected chi connectivity index (χ1v) is 6.22. The number of aldehydes is 1. The van der Waals surface area contributed by atoms with Gasteiger partial charge in [0.25, 0.3) is 0 Å². The topological polar surface area (TPSA) is 35.5 Å². The minimum atomic E-state index is -0.476. The van der Waals surface area contributed by atoms with E-state index in [0.29, 0.717) is 17.1 Å². The molecule has 5 heteroatoms. The number of methoxy groups -OCH3 is 1. The summed E-state index contributed by atoms with van der Waals surface area (Å²) in [5.74, 6) is 0.484. The van der Waals surface area contributed by atoms with Crippen LogP contribution in [0.1, 0.15) is 15.9 Å². The summed E-state index contributed by atoms with van der Waals surface area (Å²) in [6.07, 6.45) is 0.723. The van der Waals surface area contributed by atoms with Gasteiger partial charge in [-0.25, -0.2) is 4.39 Å². The van der Waals surface area contributed by atoms with Crippen LogP contribution in [0.5, 0.6) is 11.5 Å². The van der Waals surface area contributed by atoms with Gasteiger partial charge in [-0.15, -0.1) is 0 Å². The number of hydrogen-bond donors (Lipinski definition) is 0. The third kappa shape index (κ3) is 3.27. The van der Waals surface area contributed by atoms with Crippen LogP contribution < -0.4 is 9.47 Å². The molecule has 0 radical (unpaired) electrons. The lowest BCUT2D eigenvalue weighted by Gasteiger charge is -2.11. The maximum atomic E-state index is 13.0. The second kappa shape index (κ2) is 6.39. The zero-order valence-corrected chi connectivity index (χ0v) is 11.5. The van der Waals surface area contributed by atoms with E-state index in [4.69, 9.17) is 21.1 Å². The van der Waals surface area contributed by atoms with Gasteiger partial charge in [-0.3, -0.25) is 4.79 Å². The molecule has 0 saturated carbocycles. The van der Waals surface area contributed by atoms with Gasteiger partial charge >= 0.3 is 0 Å². The Morgan fingerprint density at radius 2 is 2.00 bits per heavy atom. The highest BCUT2D eigenvalue weighted by Gasteiger charge is 2.07. The van der Waals surface area contributed by atoms with Crippen LogP contribution in [0.4, 0.5) is 4.39 Å². The molecule has 0 aliphatic heterocycles. The van der Waals surface area contributed by atoms with Crippen molar-refractivity contribution in [2.45, 2.75) is 6.61 Å². The fraction of sp³-hybridized carbons (Fsp3) is 0.133. The van der Waals surface area contributed by atoms with E-state index in [1.807, 2.05) is 0 Å². The van der Waals surface area contributed by atoms with Crippen LogP contribution in [0.15, 0.2) is 36.4 Å².